The van der Waals surface area contributed by atoms with Gasteiger partial charge in [0.1, 0.15) is 0 Å². The van der Waals surface area contributed by atoms with E-state index in [1.54, 1.807) is 11.8 Å². The van der Waals surface area contributed by atoms with E-state index in [2.05, 4.69) is 75.2 Å². The van der Waals surface area contributed by atoms with E-state index in [-0.39, 0.29) is 0 Å². The molecule has 0 fully saturated rings. The SMILES string of the molecule is C=C1/C=C\SC(=C)SC(=C)/N=C(c2ccc3ccccc3c2C)\C=C/C1. The van der Waals surface area contributed by atoms with Crippen molar-refractivity contribution < 1.29 is 0 Å². The maximum Gasteiger partial charge on any atom is 0.0948 e. The second-order valence-electron chi connectivity index (χ2n) is 6.01. The van der Waals surface area contributed by atoms with Crippen LogP contribution in [0.4, 0.5) is 0 Å². The van der Waals surface area contributed by atoms with Gasteiger partial charge in [0, 0.05) is 9.80 Å². The van der Waals surface area contributed by atoms with Crippen LogP contribution in [-0.2, 0) is 0 Å². The lowest BCUT2D eigenvalue weighted by Gasteiger charge is -2.11. The van der Waals surface area contributed by atoms with Crippen LogP contribution >= 0.6 is 23.5 Å². The van der Waals surface area contributed by atoms with E-state index in [1.807, 2.05) is 11.5 Å². The molecule has 0 unspecified atom stereocenters. The molecule has 0 aliphatic carbocycles. The van der Waals surface area contributed by atoms with Gasteiger partial charge in [0.25, 0.3) is 0 Å². The van der Waals surface area contributed by atoms with Crippen molar-refractivity contribution in [3.05, 3.63) is 106 Å². The highest BCUT2D eigenvalue weighted by Gasteiger charge is 2.09. The summed E-state index contributed by atoms with van der Waals surface area (Å²) in [6, 6.07) is 12.7. The largest absolute Gasteiger partial charge is 0.242 e. The Morgan fingerprint density at radius 3 is 2.65 bits per heavy atom. The molecule has 1 heterocycles. The summed E-state index contributed by atoms with van der Waals surface area (Å²) >= 11 is 3.07. The summed E-state index contributed by atoms with van der Waals surface area (Å²) in [6.07, 6.45) is 7.00. The van der Waals surface area contributed by atoms with Gasteiger partial charge < -0.3 is 0 Å². The van der Waals surface area contributed by atoms with Gasteiger partial charge in [0.15, 0.2) is 0 Å². The molecule has 0 saturated carbocycles. The van der Waals surface area contributed by atoms with Crippen molar-refractivity contribution >= 4 is 40.0 Å². The van der Waals surface area contributed by atoms with Crippen LogP contribution in [0.2, 0.25) is 0 Å². The Balaban J connectivity index is 2.07. The minimum absolute atomic E-state index is 0.738. The van der Waals surface area contributed by atoms with E-state index >= 15 is 0 Å². The Morgan fingerprint density at radius 1 is 1.00 bits per heavy atom. The van der Waals surface area contributed by atoms with Crippen LogP contribution in [0.15, 0.2) is 99.6 Å². The van der Waals surface area contributed by atoms with Gasteiger partial charge in [-0.15, -0.1) is 0 Å². The average Bonchev–Trinajstić information content (AvgIpc) is 2.60. The summed E-state index contributed by atoms with van der Waals surface area (Å²) in [5.74, 6) is 0. The minimum atomic E-state index is 0.738. The third kappa shape index (κ3) is 4.48. The molecule has 130 valence electrons. The van der Waals surface area contributed by atoms with Crippen LogP contribution < -0.4 is 0 Å². The second kappa shape index (κ2) is 8.43. The topological polar surface area (TPSA) is 12.4 Å². The zero-order valence-corrected chi connectivity index (χ0v) is 16.5. The first-order valence-electron chi connectivity index (χ1n) is 8.35. The molecule has 0 saturated heterocycles. The predicted molar refractivity (Wildman–Crippen MR) is 121 cm³/mol. The lowest BCUT2D eigenvalue weighted by atomic mass is 9.96. The molecular formula is C23H21NS2. The summed E-state index contributed by atoms with van der Waals surface area (Å²) in [4.78, 5) is 4.79. The van der Waals surface area contributed by atoms with Crippen LogP contribution in [-0.4, -0.2) is 5.71 Å². The van der Waals surface area contributed by atoms with Crippen molar-refractivity contribution in [2.24, 2.45) is 4.99 Å². The van der Waals surface area contributed by atoms with Crippen LogP contribution in [0.1, 0.15) is 17.5 Å². The number of fused-ring (bicyclic) bond motifs is 1. The monoisotopic (exact) mass is 375 g/mol. The Bertz CT molecular complexity index is 977. The van der Waals surface area contributed by atoms with Gasteiger partial charge in [-0.3, -0.25) is 0 Å². The molecule has 1 nitrogen and oxygen atoms in total. The van der Waals surface area contributed by atoms with Gasteiger partial charge in [0.05, 0.1) is 10.7 Å². The summed E-state index contributed by atoms with van der Waals surface area (Å²) in [5, 5.41) is 5.24. The van der Waals surface area contributed by atoms with E-state index < -0.39 is 0 Å². The van der Waals surface area contributed by atoms with Crippen LogP contribution in [0.3, 0.4) is 0 Å². The number of nitrogens with zero attached hydrogens (tertiary/aromatic N) is 1. The van der Waals surface area contributed by atoms with Crippen molar-refractivity contribution in [3.8, 4) is 0 Å². The fourth-order valence-electron chi connectivity index (χ4n) is 2.80. The first-order chi connectivity index (χ1) is 12.5. The lowest BCUT2D eigenvalue weighted by molar-refractivity contribution is 1.30. The Labute approximate surface area is 164 Å². The fraction of sp³-hybridized carbons (Fsp3) is 0.0870. The Morgan fingerprint density at radius 2 is 1.81 bits per heavy atom. The predicted octanol–water partition coefficient (Wildman–Crippen LogP) is 7.38. The molecular weight excluding hydrogens is 354 g/mol. The zero-order chi connectivity index (χ0) is 18.5. The molecule has 3 rings (SSSR count). The molecule has 2 aromatic carbocycles. The number of aliphatic imine (C=N–C) groups is 1. The maximum atomic E-state index is 4.79. The molecule has 3 heteroatoms. The summed E-state index contributed by atoms with van der Waals surface area (Å²) in [5.41, 5.74) is 4.32. The van der Waals surface area contributed by atoms with E-state index in [0.717, 1.165) is 32.5 Å². The number of allylic oxidation sites excluding steroid dienone is 4. The van der Waals surface area contributed by atoms with Crippen LogP contribution in [0.25, 0.3) is 10.8 Å². The number of hydrogen-bond donors (Lipinski definition) is 0. The zero-order valence-electron chi connectivity index (χ0n) is 14.9. The number of benzene rings is 2. The van der Waals surface area contributed by atoms with Crippen molar-refractivity contribution in [2.45, 2.75) is 13.3 Å². The van der Waals surface area contributed by atoms with E-state index in [4.69, 9.17) is 4.99 Å². The van der Waals surface area contributed by atoms with Gasteiger partial charge in [-0.25, -0.2) is 4.99 Å². The molecule has 0 bridgehead atoms. The molecule has 26 heavy (non-hydrogen) atoms. The fourth-order valence-corrected chi connectivity index (χ4v) is 4.27. The summed E-state index contributed by atoms with van der Waals surface area (Å²) in [6.45, 7) is 14.4. The van der Waals surface area contributed by atoms with E-state index in [0.29, 0.717) is 0 Å². The first-order valence-corrected chi connectivity index (χ1v) is 10.0. The number of rotatable bonds is 1. The molecule has 0 amide bonds. The van der Waals surface area contributed by atoms with Crippen molar-refractivity contribution in [1.82, 2.24) is 0 Å². The van der Waals surface area contributed by atoms with Crippen molar-refractivity contribution in [1.29, 1.82) is 0 Å². The van der Waals surface area contributed by atoms with Gasteiger partial charge in [-0.05, 0) is 41.2 Å². The number of aryl methyl sites for hydroxylation is 1. The number of thioether (sulfide) groups is 2. The molecule has 1 aliphatic rings. The first kappa shape index (κ1) is 18.6. The third-order valence-corrected chi connectivity index (χ3v) is 5.74. The molecule has 1 aliphatic heterocycles. The maximum absolute atomic E-state index is 4.79. The van der Waals surface area contributed by atoms with Crippen LogP contribution in [0.5, 0.6) is 0 Å². The van der Waals surface area contributed by atoms with E-state index in [9.17, 15) is 0 Å². The average molecular weight is 376 g/mol. The van der Waals surface area contributed by atoms with Crippen molar-refractivity contribution in [2.75, 3.05) is 0 Å². The normalized spacial score (nSPS) is 20.8. The molecule has 2 aromatic rings. The molecule has 0 atom stereocenters. The lowest BCUT2D eigenvalue weighted by Crippen LogP contribution is -2.01. The highest BCUT2D eigenvalue weighted by Crippen LogP contribution is 2.34. The van der Waals surface area contributed by atoms with Crippen molar-refractivity contribution in [3.63, 3.8) is 0 Å². The number of hydrogen-bond acceptors (Lipinski definition) is 3. The summed E-state index contributed by atoms with van der Waals surface area (Å²) < 4.78 is 0.946. The molecule has 0 aromatic heterocycles. The highest BCUT2D eigenvalue weighted by atomic mass is 32.2. The molecule has 0 spiro atoms. The smallest absolute Gasteiger partial charge is 0.0948 e. The highest BCUT2D eigenvalue weighted by molar-refractivity contribution is 8.25. The summed E-state index contributed by atoms with van der Waals surface area (Å²) in [7, 11) is 0. The standard InChI is InChI=1S/C23H21NS2/c1-16-8-7-11-23(24-18(3)26-19(4)25-15-14-16)22-13-12-20-9-5-6-10-21(20)17(22)2/h5-7,9-15H,1,3-4,8H2,2H3/b11-7-,15-14-,24-23+. The molecule has 0 N–H and O–H groups in total. The minimum Gasteiger partial charge on any atom is -0.242 e. The second-order valence-corrected chi connectivity index (χ2v) is 8.44. The molecule has 0 radical (unpaired) electrons. The quantitative estimate of drug-likeness (QED) is 0.515. The van der Waals surface area contributed by atoms with Gasteiger partial charge in [-0.1, -0.05) is 97.4 Å². The van der Waals surface area contributed by atoms with E-state index in [1.165, 1.54) is 28.1 Å². The van der Waals surface area contributed by atoms with Gasteiger partial charge in [0.2, 0.25) is 0 Å². The Kier molecular flexibility index (Phi) is 6.02. The third-order valence-electron chi connectivity index (χ3n) is 4.11. The van der Waals surface area contributed by atoms with Crippen LogP contribution in [0, 0.1) is 6.92 Å². The Hall–Kier alpha value is -2.23. The van der Waals surface area contributed by atoms with Gasteiger partial charge >= 0.3 is 0 Å². The van der Waals surface area contributed by atoms with Gasteiger partial charge in [-0.2, -0.15) is 0 Å².